The molecule has 1 N–H and O–H groups in total. The Bertz CT molecular complexity index is 153. The molecule has 0 aromatic carbocycles. The van der Waals surface area contributed by atoms with Gasteiger partial charge in [0.15, 0.2) is 0 Å². The van der Waals surface area contributed by atoms with E-state index in [4.69, 9.17) is 5.26 Å². The maximum absolute atomic E-state index is 8.74. The van der Waals surface area contributed by atoms with Crippen molar-refractivity contribution in [2.45, 2.75) is 32.7 Å². The van der Waals surface area contributed by atoms with Crippen molar-refractivity contribution in [3.05, 3.63) is 0 Å². The van der Waals surface area contributed by atoms with Gasteiger partial charge in [0.2, 0.25) is 0 Å². The van der Waals surface area contributed by atoms with Crippen LogP contribution >= 0.6 is 0 Å². The summed E-state index contributed by atoms with van der Waals surface area (Å²) >= 11 is 0. The molecule has 0 aromatic rings. The summed E-state index contributed by atoms with van der Waals surface area (Å²) in [6.45, 7) is 5.07. The maximum Gasteiger partial charge on any atom is 0.0671 e. The minimum Gasteiger partial charge on any atom is -0.313 e. The van der Waals surface area contributed by atoms with Gasteiger partial charge in [0.25, 0.3) is 0 Å². The van der Waals surface area contributed by atoms with Crippen molar-refractivity contribution in [2.75, 3.05) is 6.54 Å². The summed E-state index contributed by atoms with van der Waals surface area (Å²) in [5, 5.41) is 12.1. The van der Waals surface area contributed by atoms with E-state index in [1.165, 1.54) is 12.8 Å². The van der Waals surface area contributed by atoms with E-state index in [2.05, 4.69) is 25.2 Å². The van der Waals surface area contributed by atoms with Gasteiger partial charge in [-0.1, -0.05) is 13.8 Å². The van der Waals surface area contributed by atoms with Gasteiger partial charge in [0.1, 0.15) is 0 Å². The Morgan fingerprint density at radius 1 is 1.55 bits per heavy atom. The van der Waals surface area contributed by atoms with Crippen LogP contribution in [0.15, 0.2) is 0 Å². The Kier molecular flexibility index (Phi) is 2.90. The lowest BCUT2D eigenvalue weighted by Crippen LogP contribution is -2.26. The molecule has 0 saturated heterocycles. The van der Waals surface area contributed by atoms with Gasteiger partial charge in [-0.2, -0.15) is 5.26 Å². The van der Waals surface area contributed by atoms with Gasteiger partial charge < -0.3 is 5.32 Å². The van der Waals surface area contributed by atoms with E-state index in [0.717, 1.165) is 12.6 Å². The summed E-state index contributed by atoms with van der Waals surface area (Å²) in [7, 11) is 0. The zero-order valence-corrected chi connectivity index (χ0v) is 7.30. The lowest BCUT2D eigenvalue weighted by molar-refractivity contribution is 0.441. The van der Waals surface area contributed by atoms with E-state index in [0.29, 0.717) is 5.92 Å². The van der Waals surface area contributed by atoms with Crippen LogP contribution in [0, 0.1) is 23.2 Å². The van der Waals surface area contributed by atoms with Gasteiger partial charge in [0.05, 0.1) is 12.0 Å². The molecule has 0 amide bonds. The molecule has 1 unspecified atom stereocenters. The van der Waals surface area contributed by atoms with Gasteiger partial charge in [-0.05, 0) is 18.8 Å². The van der Waals surface area contributed by atoms with Gasteiger partial charge in [-0.3, -0.25) is 0 Å². The number of nitriles is 1. The van der Waals surface area contributed by atoms with Gasteiger partial charge >= 0.3 is 0 Å². The fourth-order valence-electron chi connectivity index (χ4n) is 1.01. The lowest BCUT2D eigenvalue weighted by atomic mass is 9.98. The normalized spacial score (nSPS) is 19.8. The molecular weight excluding hydrogens is 136 g/mol. The second-order valence-corrected chi connectivity index (χ2v) is 3.66. The van der Waals surface area contributed by atoms with Crippen LogP contribution in [0.25, 0.3) is 0 Å². The Labute approximate surface area is 68.6 Å². The van der Waals surface area contributed by atoms with E-state index < -0.39 is 0 Å². The van der Waals surface area contributed by atoms with Crippen molar-refractivity contribution in [1.82, 2.24) is 5.32 Å². The molecule has 0 bridgehead atoms. The highest BCUT2D eigenvalue weighted by Crippen LogP contribution is 2.19. The summed E-state index contributed by atoms with van der Waals surface area (Å²) in [5.74, 6) is 0.668. The Hall–Kier alpha value is -0.550. The summed E-state index contributed by atoms with van der Waals surface area (Å²) < 4.78 is 0. The summed E-state index contributed by atoms with van der Waals surface area (Å²) in [6, 6.07) is 3.05. The molecule has 2 nitrogen and oxygen atoms in total. The molecule has 0 aliphatic heterocycles. The smallest absolute Gasteiger partial charge is 0.0671 e. The third kappa shape index (κ3) is 2.90. The second-order valence-electron chi connectivity index (χ2n) is 3.66. The van der Waals surface area contributed by atoms with Crippen molar-refractivity contribution < 1.29 is 0 Å². The standard InChI is InChI=1S/C9H16N2/c1-7(2)8(5-10)6-11-9-3-4-9/h7-9,11H,3-4,6H2,1-2H3. The molecule has 1 aliphatic rings. The molecule has 1 saturated carbocycles. The van der Waals surface area contributed by atoms with E-state index in [-0.39, 0.29) is 5.92 Å². The van der Waals surface area contributed by atoms with Gasteiger partial charge in [-0.25, -0.2) is 0 Å². The third-order valence-corrected chi connectivity index (χ3v) is 2.17. The van der Waals surface area contributed by atoms with Crippen LogP contribution in [0.2, 0.25) is 0 Å². The van der Waals surface area contributed by atoms with E-state index in [1.807, 2.05) is 0 Å². The van der Waals surface area contributed by atoms with Crippen LogP contribution in [0.3, 0.4) is 0 Å². The molecule has 1 fully saturated rings. The topological polar surface area (TPSA) is 35.8 Å². The molecule has 1 rings (SSSR count). The highest BCUT2D eigenvalue weighted by atomic mass is 14.9. The summed E-state index contributed by atoms with van der Waals surface area (Å²) in [4.78, 5) is 0. The minimum absolute atomic E-state index is 0.190. The number of rotatable bonds is 4. The summed E-state index contributed by atoms with van der Waals surface area (Å²) in [5.41, 5.74) is 0. The van der Waals surface area contributed by atoms with Crippen LogP contribution in [0.5, 0.6) is 0 Å². The van der Waals surface area contributed by atoms with Crippen LogP contribution in [-0.4, -0.2) is 12.6 Å². The molecule has 0 spiro atoms. The average Bonchev–Trinajstić information content (AvgIpc) is 2.72. The molecule has 0 heterocycles. The summed E-state index contributed by atoms with van der Waals surface area (Å²) in [6.07, 6.45) is 2.60. The fraction of sp³-hybridized carbons (Fsp3) is 0.889. The number of hydrogen-bond donors (Lipinski definition) is 1. The quantitative estimate of drug-likeness (QED) is 0.663. The van der Waals surface area contributed by atoms with E-state index in [1.54, 1.807) is 0 Å². The van der Waals surface area contributed by atoms with Crippen molar-refractivity contribution in [3.8, 4) is 6.07 Å². The molecule has 0 radical (unpaired) electrons. The van der Waals surface area contributed by atoms with Crippen molar-refractivity contribution >= 4 is 0 Å². The zero-order valence-electron chi connectivity index (χ0n) is 7.30. The second kappa shape index (κ2) is 3.73. The molecule has 1 aliphatic carbocycles. The van der Waals surface area contributed by atoms with E-state index in [9.17, 15) is 0 Å². The molecule has 1 atom stereocenters. The molecule has 2 heteroatoms. The van der Waals surface area contributed by atoms with Crippen LogP contribution in [-0.2, 0) is 0 Å². The molecule has 11 heavy (non-hydrogen) atoms. The Morgan fingerprint density at radius 2 is 2.18 bits per heavy atom. The fourth-order valence-corrected chi connectivity index (χ4v) is 1.01. The lowest BCUT2D eigenvalue weighted by Gasteiger charge is -2.12. The Balaban J connectivity index is 2.15. The third-order valence-electron chi connectivity index (χ3n) is 2.17. The molecule has 62 valence electrons. The first-order valence-electron chi connectivity index (χ1n) is 4.37. The van der Waals surface area contributed by atoms with Crippen LogP contribution in [0.1, 0.15) is 26.7 Å². The Morgan fingerprint density at radius 3 is 2.55 bits per heavy atom. The predicted molar refractivity (Wildman–Crippen MR) is 45.0 cm³/mol. The highest BCUT2D eigenvalue weighted by Gasteiger charge is 2.22. The average molecular weight is 152 g/mol. The monoisotopic (exact) mass is 152 g/mol. The van der Waals surface area contributed by atoms with Crippen LogP contribution < -0.4 is 5.32 Å². The van der Waals surface area contributed by atoms with E-state index >= 15 is 0 Å². The maximum atomic E-state index is 8.74. The first kappa shape index (κ1) is 8.55. The SMILES string of the molecule is CC(C)C(C#N)CNC1CC1. The number of nitrogens with one attached hydrogen (secondary N) is 1. The molecule has 0 aromatic heterocycles. The first-order valence-corrected chi connectivity index (χ1v) is 4.37. The van der Waals surface area contributed by atoms with Gasteiger partial charge in [-0.15, -0.1) is 0 Å². The van der Waals surface area contributed by atoms with Crippen molar-refractivity contribution in [1.29, 1.82) is 5.26 Å². The predicted octanol–water partition coefficient (Wildman–Crippen LogP) is 1.53. The van der Waals surface area contributed by atoms with Crippen molar-refractivity contribution in [2.24, 2.45) is 11.8 Å². The van der Waals surface area contributed by atoms with Crippen molar-refractivity contribution in [3.63, 3.8) is 0 Å². The highest BCUT2D eigenvalue weighted by molar-refractivity contribution is 4.90. The number of hydrogen-bond acceptors (Lipinski definition) is 2. The largest absolute Gasteiger partial charge is 0.313 e. The van der Waals surface area contributed by atoms with Gasteiger partial charge in [0, 0.05) is 12.6 Å². The first-order chi connectivity index (χ1) is 5.24. The number of nitrogens with zero attached hydrogens (tertiary/aromatic N) is 1. The molecular formula is C9H16N2. The zero-order chi connectivity index (χ0) is 8.27. The van der Waals surface area contributed by atoms with Crippen LogP contribution in [0.4, 0.5) is 0 Å². The minimum atomic E-state index is 0.190.